The van der Waals surface area contributed by atoms with Gasteiger partial charge in [0.15, 0.2) is 0 Å². The maximum Gasteiger partial charge on any atom is 0.143 e. The van der Waals surface area contributed by atoms with Crippen molar-refractivity contribution in [3.8, 4) is 5.75 Å². The normalized spacial score (nSPS) is 16.9. The molecule has 0 amide bonds. The molecule has 1 unspecified atom stereocenters. The first-order chi connectivity index (χ1) is 10.3. The zero-order valence-corrected chi connectivity index (χ0v) is 12.0. The minimum Gasteiger partial charge on any atom is -0.482 e. The Hall–Kier alpha value is -2.48. The molecule has 1 aliphatic heterocycles. The molecule has 0 saturated heterocycles. The van der Waals surface area contributed by atoms with Crippen molar-refractivity contribution in [1.29, 1.82) is 0 Å². The van der Waals surface area contributed by atoms with E-state index in [1.165, 1.54) is 21.9 Å². The smallest absolute Gasteiger partial charge is 0.143 e. The second kappa shape index (κ2) is 4.81. The van der Waals surface area contributed by atoms with Gasteiger partial charge in [0.05, 0.1) is 12.2 Å². The summed E-state index contributed by atoms with van der Waals surface area (Å²) in [6, 6.07) is 21.3. The third-order valence-corrected chi connectivity index (χ3v) is 4.03. The summed E-state index contributed by atoms with van der Waals surface area (Å²) in [7, 11) is 0. The largest absolute Gasteiger partial charge is 0.482 e. The number of aryl methyl sites for hydroxylation is 1. The van der Waals surface area contributed by atoms with Gasteiger partial charge in [-0.15, -0.1) is 0 Å². The average Bonchev–Trinajstić information content (AvgIpc) is 2.53. The van der Waals surface area contributed by atoms with Crippen LogP contribution in [0, 0.1) is 6.92 Å². The number of anilines is 1. The summed E-state index contributed by atoms with van der Waals surface area (Å²) in [5.74, 6) is 0.944. The van der Waals surface area contributed by atoms with E-state index in [9.17, 15) is 0 Å². The topological polar surface area (TPSA) is 21.3 Å². The SMILES string of the molecule is Cc1ccc2c(c1)OC(c1ccc3ccccc3c1)CN2. The van der Waals surface area contributed by atoms with E-state index in [1.807, 2.05) is 0 Å². The fourth-order valence-electron chi connectivity index (χ4n) is 2.86. The number of ether oxygens (including phenoxy) is 1. The summed E-state index contributed by atoms with van der Waals surface area (Å²) < 4.78 is 6.19. The number of fused-ring (bicyclic) bond motifs is 2. The molecule has 1 atom stereocenters. The Morgan fingerprint density at radius 2 is 1.81 bits per heavy atom. The summed E-state index contributed by atoms with van der Waals surface area (Å²) in [5.41, 5.74) is 3.51. The van der Waals surface area contributed by atoms with E-state index in [4.69, 9.17) is 4.74 Å². The van der Waals surface area contributed by atoms with Gasteiger partial charge >= 0.3 is 0 Å². The zero-order chi connectivity index (χ0) is 14.2. The van der Waals surface area contributed by atoms with Gasteiger partial charge in [0.25, 0.3) is 0 Å². The van der Waals surface area contributed by atoms with Crippen LogP contribution in [-0.2, 0) is 0 Å². The van der Waals surface area contributed by atoms with Crippen LogP contribution in [0.1, 0.15) is 17.2 Å². The van der Waals surface area contributed by atoms with Crippen molar-refractivity contribution in [2.75, 3.05) is 11.9 Å². The lowest BCUT2D eigenvalue weighted by atomic mass is 10.0. The lowest BCUT2D eigenvalue weighted by molar-refractivity contribution is 0.210. The number of nitrogens with one attached hydrogen (secondary N) is 1. The quantitative estimate of drug-likeness (QED) is 0.695. The van der Waals surface area contributed by atoms with Crippen LogP contribution in [-0.4, -0.2) is 6.54 Å². The molecule has 1 N–H and O–H groups in total. The second-order valence-electron chi connectivity index (χ2n) is 5.59. The third kappa shape index (κ3) is 2.23. The second-order valence-corrected chi connectivity index (χ2v) is 5.59. The number of benzene rings is 3. The molecule has 0 fully saturated rings. The van der Waals surface area contributed by atoms with E-state index in [-0.39, 0.29) is 6.10 Å². The molecule has 0 bridgehead atoms. The Morgan fingerprint density at radius 1 is 0.952 bits per heavy atom. The summed E-state index contributed by atoms with van der Waals surface area (Å²) in [6.07, 6.45) is 0.0592. The molecular weight excluding hydrogens is 258 g/mol. The lowest BCUT2D eigenvalue weighted by Crippen LogP contribution is -2.23. The highest BCUT2D eigenvalue weighted by Crippen LogP contribution is 2.35. The molecule has 0 aromatic heterocycles. The number of hydrogen-bond acceptors (Lipinski definition) is 2. The van der Waals surface area contributed by atoms with E-state index in [0.29, 0.717) is 0 Å². The van der Waals surface area contributed by atoms with Crippen molar-refractivity contribution in [3.63, 3.8) is 0 Å². The van der Waals surface area contributed by atoms with E-state index >= 15 is 0 Å². The first kappa shape index (κ1) is 12.3. The maximum atomic E-state index is 6.19. The van der Waals surface area contributed by atoms with Crippen LogP contribution < -0.4 is 10.1 Å². The van der Waals surface area contributed by atoms with Gasteiger partial charge in [-0.1, -0.05) is 42.5 Å². The van der Waals surface area contributed by atoms with Crippen molar-refractivity contribution in [3.05, 3.63) is 71.8 Å². The van der Waals surface area contributed by atoms with Crippen molar-refractivity contribution >= 4 is 16.5 Å². The average molecular weight is 275 g/mol. The number of rotatable bonds is 1. The molecule has 21 heavy (non-hydrogen) atoms. The molecule has 4 rings (SSSR count). The van der Waals surface area contributed by atoms with Crippen molar-refractivity contribution in [2.24, 2.45) is 0 Å². The minimum atomic E-state index is 0.0592. The molecule has 104 valence electrons. The van der Waals surface area contributed by atoms with Crippen LogP contribution in [0.15, 0.2) is 60.7 Å². The molecule has 0 spiro atoms. The zero-order valence-electron chi connectivity index (χ0n) is 12.0. The molecule has 2 nitrogen and oxygen atoms in total. The fraction of sp³-hybridized carbons (Fsp3) is 0.158. The third-order valence-electron chi connectivity index (χ3n) is 4.03. The molecule has 3 aromatic carbocycles. The Bertz CT molecular complexity index is 810. The Morgan fingerprint density at radius 3 is 2.71 bits per heavy atom. The molecule has 2 heteroatoms. The molecule has 0 saturated carbocycles. The van der Waals surface area contributed by atoms with Crippen LogP contribution in [0.2, 0.25) is 0 Å². The van der Waals surface area contributed by atoms with Crippen LogP contribution in [0.5, 0.6) is 5.75 Å². The molecular formula is C19H17NO. The van der Waals surface area contributed by atoms with E-state index in [1.54, 1.807) is 0 Å². The van der Waals surface area contributed by atoms with Gasteiger partial charge in [0.2, 0.25) is 0 Å². The molecule has 1 aliphatic rings. The van der Waals surface area contributed by atoms with Crippen molar-refractivity contribution in [1.82, 2.24) is 0 Å². The molecule has 0 aliphatic carbocycles. The van der Waals surface area contributed by atoms with Gasteiger partial charge < -0.3 is 10.1 Å². The summed E-state index contributed by atoms with van der Waals surface area (Å²) >= 11 is 0. The first-order valence-corrected chi connectivity index (χ1v) is 7.29. The van der Waals surface area contributed by atoms with Crippen LogP contribution in [0.3, 0.4) is 0 Å². The lowest BCUT2D eigenvalue weighted by Gasteiger charge is -2.28. The van der Waals surface area contributed by atoms with Gasteiger partial charge in [-0.25, -0.2) is 0 Å². The van der Waals surface area contributed by atoms with E-state index in [0.717, 1.165) is 18.0 Å². The molecule has 0 radical (unpaired) electrons. The fourth-order valence-corrected chi connectivity index (χ4v) is 2.86. The molecule has 3 aromatic rings. The highest BCUT2D eigenvalue weighted by Gasteiger charge is 2.20. The van der Waals surface area contributed by atoms with Gasteiger partial charge in [-0.2, -0.15) is 0 Å². The standard InChI is InChI=1S/C19H17NO/c1-13-6-9-17-18(10-13)21-19(12-20-17)16-8-7-14-4-2-3-5-15(14)11-16/h2-11,19-20H,12H2,1H3. The number of hydrogen-bond donors (Lipinski definition) is 1. The van der Waals surface area contributed by atoms with Crippen molar-refractivity contribution in [2.45, 2.75) is 13.0 Å². The van der Waals surface area contributed by atoms with Crippen molar-refractivity contribution < 1.29 is 4.74 Å². The summed E-state index contributed by atoms with van der Waals surface area (Å²) in [5, 5.41) is 5.98. The predicted molar refractivity (Wildman–Crippen MR) is 87.0 cm³/mol. The van der Waals surface area contributed by atoms with Gasteiger partial charge in [0.1, 0.15) is 11.9 Å². The first-order valence-electron chi connectivity index (χ1n) is 7.29. The van der Waals surface area contributed by atoms with Crippen LogP contribution in [0.4, 0.5) is 5.69 Å². The predicted octanol–water partition coefficient (Wildman–Crippen LogP) is 4.69. The minimum absolute atomic E-state index is 0.0592. The van der Waals surface area contributed by atoms with E-state index < -0.39 is 0 Å². The highest BCUT2D eigenvalue weighted by atomic mass is 16.5. The van der Waals surface area contributed by atoms with E-state index in [2.05, 4.69) is 72.9 Å². The highest BCUT2D eigenvalue weighted by molar-refractivity contribution is 5.83. The van der Waals surface area contributed by atoms with Gasteiger partial charge in [-0.05, 0) is 47.0 Å². The monoisotopic (exact) mass is 275 g/mol. The van der Waals surface area contributed by atoms with Crippen LogP contribution in [0.25, 0.3) is 10.8 Å². The summed E-state index contributed by atoms with van der Waals surface area (Å²) in [4.78, 5) is 0. The maximum absolute atomic E-state index is 6.19. The van der Waals surface area contributed by atoms with Gasteiger partial charge in [-0.3, -0.25) is 0 Å². The molecule has 1 heterocycles. The Kier molecular flexibility index (Phi) is 2.81. The summed E-state index contributed by atoms with van der Waals surface area (Å²) in [6.45, 7) is 2.89. The van der Waals surface area contributed by atoms with Crippen LogP contribution >= 0.6 is 0 Å². The Balaban J connectivity index is 1.70. The van der Waals surface area contributed by atoms with Gasteiger partial charge in [0, 0.05) is 0 Å². The Labute approximate surface area is 124 Å².